The summed E-state index contributed by atoms with van der Waals surface area (Å²) in [7, 11) is 0. The number of aromatic nitrogens is 1. The third kappa shape index (κ3) is 4.14. The first-order valence-electron chi connectivity index (χ1n) is 12.3. The SMILES string of the molecule is CCCNC(=O)[C@@H]1[C@@H](CO)[C@@H]2Cn3c(ccc(-c4cccc(F)c4)c3=O)[C@H]1N2Cc1ccccc1F. The Morgan fingerprint density at radius 1 is 1.11 bits per heavy atom. The number of pyridine rings is 1. The fourth-order valence-electron chi connectivity index (χ4n) is 5.81. The van der Waals surface area contributed by atoms with Crippen LogP contribution in [0.3, 0.4) is 0 Å². The highest BCUT2D eigenvalue weighted by atomic mass is 19.1. The molecule has 3 aromatic rings. The van der Waals surface area contributed by atoms with Gasteiger partial charge in [0.1, 0.15) is 11.6 Å². The summed E-state index contributed by atoms with van der Waals surface area (Å²) in [6, 6.07) is 15.0. The van der Waals surface area contributed by atoms with Crippen LogP contribution in [0.2, 0.25) is 0 Å². The molecule has 0 radical (unpaired) electrons. The number of amides is 1. The quantitative estimate of drug-likeness (QED) is 0.529. The largest absolute Gasteiger partial charge is 0.396 e. The van der Waals surface area contributed by atoms with Crippen LogP contribution in [0, 0.1) is 23.5 Å². The van der Waals surface area contributed by atoms with Gasteiger partial charge in [-0.05, 0) is 42.3 Å². The molecule has 5 rings (SSSR count). The third-order valence-electron chi connectivity index (χ3n) is 7.47. The number of carbonyl (C=O) groups excluding carboxylic acids is 1. The van der Waals surface area contributed by atoms with Crippen molar-refractivity contribution in [3.8, 4) is 11.1 Å². The van der Waals surface area contributed by atoms with Gasteiger partial charge in [-0.3, -0.25) is 14.5 Å². The van der Waals surface area contributed by atoms with E-state index < -0.39 is 23.7 Å². The van der Waals surface area contributed by atoms with Crippen molar-refractivity contribution in [2.75, 3.05) is 13.2 Å². The molecule has 0 unspecified atom stereocenters. The van der Waals surface area contributed by atoms with Gasteiger partial charge in [0.15, 0.2) is 0 Å². The molecule has 2 aromatic carbocycles. The Morgan fingerprint density at radius 3 is 2.64 bits per heavy atom. The van der Waals surface area contributed by atoms with Crippen molar-refractivity contribution in [2.45, 2.75) is 38.5 Å². The monoisotopic (exact) mass is 493 g/mol. The van der Waals surface area contributed by atoms with Crippen LogP contribution < -0.4 is 10.9 Å². The zero-order chi connectivity index (χ0) is 25.4. The topological polar surface area (TPSA) is 74.6 Å². The highest BCUT2D eigenvalue weighted by Gasteiger charge is 2.55. The first kappa shape index (κ1) is 24.3. The second kappa shape index (κ2) is 9.95. The Hall–Kier alpha value is -3.36. The maximum atomic E-state index is 14.6. The molecule has 1 fully saturated rings. The Morgan fingerprint density at radius 2 is 1.92 bits per heavy atom. The minimum atomic E-state index is -0.605. The second-order valence-electron chi connectivity index (χ2n) is 9.54. The number of carbonyl (C=O) groups is 1. The number of aliphatic hydroxyl groups is 1. The molecule has 2 bridgehead atoms. The van der Waals surface area contributed by atoms with Crippen molar-refractivity contribution in [3.05, 3.63) is 93.9 Å². The predicted molar refractivity (Wildman–Crippen MR) is 132 cm³/mol. The van der Waals surface area contributed by atoms with Gasteiger partial charge < -0.3 is 15.0 Å². The number of aliphatic hydroxyl groups excluding tert-OH is 1. The van der Waals surface area contributed by atoms with Crippen LogP contribution in [0.1, 0.15) is 30.6 Å². The van der Waals surface area contributed by atoms with Crippen LogP contribution in [0.5, 0.6) is 0 Å². The molecule has 36 heavy (non-hydrogen) atoms. The smallest absolute Gasteiger partial charge is 0.258 e. The lowest BCUT2D eigenvalue weighted by atomic mass is 9.86. The van der Waals surface area contributed by atoms with E-state index in [0.29, 0.717) is 28.9 Å². The average Bonchev–Trinajstić information content (AvgIpc) is 3.08. The number of nitrogens with zero attached hydrogens (tertiary/aromatic N) is 2. The van der Waals surface area contributed by atoms with Gasteiger partial charge in [-0.15, -0.1) is 0 Å². The fourth-order valence-corrected chi connectivity index (χ4v) is 5.81. The molecule has 6 nitrogen and oxygen atoms in total. The maximum Gasteiger partial charge on any atom is 0.258 e. The van der Waals surface area contributed by atoms with Gasteiger partial charge in [0, 0.05) is 55.0 Å². The van der Waals surface area contributed by atoms with Crippen LogP contribution in [0.4, 0.5) is 8.78 Å². The summed E-state index contributed by atoms with van der Waals surface area (Å²) in [5, 5.41) is 13.4. The first-order valence-corrected chi connectivity index (χ1v) is 12.3. The molecule has 2 N–H and O–H groups in total. The number of rotatable bonds is 7. The molecule has 188 valence electrons. The summed E-state index contributed by atoms with van der Waals surface area (Å²) in [4.78, 5) is 29.0. The molecular formula is C28H29F2N3O3. The van der Waals surface area contributed by atoms with Gasteiger partial charge in [0.2, 0.25) is 5.91 Å². The molecular weight excluding hydrogens is 464 g/mol. The van der Waals surface area contributed by atoms with Crippen LogP contribution in [-0.4, -0.2) is 39.7 Å². The summed E-state index contributed by atoms with van der Waals surface area (Å²) in [6.07, 6.45) is 0.766. The van der Waals surface area contributed by atoms with Crippen LogP contribution in [0.15, 0.2) is 65.5 Å². The minimum absolute atomic E-state index is 0.183. The molecule has 1 aromatic heterocycles. The van der Waals surface area contributed by atoms with Crippen molar-refractivity contribution in [2.24, 2.45) is 11.8 Å². The van der Waals surface area contributed by atoms with Gasteiger partial charge >= 0.3 is 0 Å². The third-order valence-corrected chi connectivity index (χ3v) is 7.47. The van der Waals surface area contributed by atoms with E-state index in [1.165, 1.54) is 18.2 Å². The number of halogens is 2. The number of nitrogens with one attached hydrogen (secondary N) is 1. The molecule has 1 saturated heterocycles. The van der Waals surface area contributed by atoms with E-state index in [1.54, 1.807) is 47.0 Å². The van der Waals surface area contributed by atoms with Crippen molar-refractivity contribution in [3.63, 3.8) is 0 Å². The highest BCUT2D eigenvalue weighted by molar-refractivity contribution is 5.80. The summed E-state index contributed by atoms with van der Waals surface area (Å²) in [5.41, 5.74) is 1.70. The Bertz CT molecular complexity index is 1340. The number of hydrogen-bond acceptors (Lipinski definition) is 4. The van der Waals surface area contributed by atoms with Crippen molar-refractivity contribution >= 4 is 5.91 Å². The van der Waals surface area contributed by atoms with E-state index in [-0.39, 0.29) is 43.0 Å². The summed E-state index contributed by atoms with van der Waals surface area (Å²) >= 11 is 0. The van der Waals surface area contributed by atoms with E-state index in [1.807, 2.05) is 11.8 Å². The predicted octanol–water partition coefficient (Wildman–Crippen LogP) is 3.48. The highest BCUT2D eigenvalue weighted by Crippen LogP contribution is 2.49. The standard InChI is InChI=1S/C28H29F2N3O3/c1-2-12-31-27(35)25-21(16-34)24-15-33-23(26(25)32(24)14-18-6-3-4-9-22(18)30)11-10-20(28(33)36)17-7-5-8-19(29)13-17/h3-11,13,21,24-26,34H,2,12,14-16H2,1H3,(H,31,35)/t21-,24-,25+,26+/m0/s1. The Kier molecular flexibility index (Phi) is 6.73. The summed E-state index contributed by atoms with van der Waals surface area (Å²) < 4.78 is 30.1. The van der Waals surface area contributed by atoms with Gasteiger partial charge in [-0.25, -0.2) is 8.78 Å². The average molecular weight is 494 g/mol. The lowest BCUT2D eigenvalue weighted by molar-refractivity contribution is -0.127. The molecule has 8 heteroatoms. The molecule has 0 saturated carbocycles. The lowest BCUT2D eigenvalue weighted by Gasteiger charge is -2.38. The second-order valence-corrected chi connectivity index (χ2v) is 9.54. The normalized spacial score (nSPS) is 22.9. The van der Waals surface area contributed by atoms with Crippen LogP contribution in [0.25, 0.3) is 11.1 Å². The zero-order valence-corrected chi connectivity index (χ0v) is 20.0. The van der Waals surface area contributed by atoms with Gasteiger partial charge in [0.05, 0.1) is 12.0 Å². The zero-order valence-electron chi connectivity index (χ0n) is 20.0. The van der Waals surface area contributed by atoms with Crippen molar-refractivity contribution in [1.82, 2.24) is 14.8 Å². The van der Waals surface area contributed by atoms with Gasteiger partial charge in [-0.1, -0.05) is 37.3 Å². The number of benzene rings is 2. The van der Waals surface area contributed by atoms with E-state index in [4.69, 9.17) is 0 Å². The van der Waals surface area contributed by atoms with Crippen molar-refractivity contribution in [1.29, 1.82) is 0 Å². The van der Waals surface area contributed by atoms with E-state index in [2.05, 4.69) is 5.32 Å². The van der Waals surface area contributed by atoms with E-state index >= 15 is 0 Å². The van der Waals surface area contributed by atoms with E-state index in [9.17, 15) is 23.5 Å². The van der Waals surface area contributed by atoms with Crippen molar-refractivity contribution < 1.29 is 18.7 Å². The first-order chi connectivity index (χ1) is 17.4. The summed E-state index contributed by atoms with van der Waals surface area (Å²) in [6.45, 7) is 2.72. The molecule has 4 atom stereocenters. The van der Waals surface area contributed by atoms with Crippen LogP contribution in [-0.2, 0) is 17.9 Å². The van der Waals surface area contributed by atoms with Gasteiger partial charge in [-0.2, -0.15) is 0 Å². The van der Waals surface area contributed by atoms with E-state index in [0.717, 1.165) is 6.42 Å². The summed E-state index contributed by atoms with van der Waals surface area (Å²) in [5.74, 6) is -1.99. The minimum Gasteiger partial charge on any atom is -0.396 e. The van der Waals surface area contributed by atoms with Gasteiger partial charge in [0.25, 0.3) is 5.56 Å². The molecule has 3 heterocycles. The fraction of sp³-hybridized carbons (Fsp3) is 0.357. The molecule has 0 spiro atoms. The molecule has 2 aliphatic rings. The molecule has 2 aliphatic heterocycles. The lowest BCUT2D eigenvalue weighted by Crippen LogP contribution is -2.46. The molecule has 1 amide bonds. The van der Waals surface area contributed by atoms with Crippen LogP contribution >= 0.6 is 0 Å². The molecule has 0 aliphatic carbocycles. The maximum absolute atomic E-state index is 14.6. The Balaban J connectivity index is 1.62. The Labute approximate surface area is 208 Å². The number of fused-ring (bicyclic) bond motifs is 4. The number of hydrogen-bond donors (Lipinski definition) is 2.